The summed E-state index contributed by atoms with van der Waals surface area (Å²) in [7, 11) is 0. The standard InChI is InChI=1S/C19H25F3N2O/c1-12(2)15-5-6-23-17(8-15)11-25-10-13(3)16-7-14(4)24-18(9-16)19(20,21)22/h5-6,8-9,12-13,16H,7,10-11H2,1-4H3. The number of rotatable bonds is 6. The van der Waals surface area contributed by atoms with E-state index >= 15 is 0 Å². The van der Waals surface area contributed by atoms with Crippen LogP contribution in [0.3, 0.4) is 0 Å². The van der Waals surface area contributed by atoms with Crippen LogP contribution in [0.4, 0.5) is 13.2 Å². The lowest BCUT2D eigenvalue weighted by Crippen LogP contribution is -2.24. The van der Waals surface area contributed by atoms with E-state index in [4.69, 9.17) is 4.74 Å². The highest BCUT2D eigenvalue weighted by Crippen LogP contribution is 2.34. The first-order valence-electron chi connectivity index (χ1n) is 8.52. The number of aliphatic imine (C=N–C) groups is 1. The third-order valence-electron chi connectivity index (χ3n) is 4.37. The monoisotopic (exact) mass is 354 g/mol. The maximum Gasteiger partial charge on any atom is 0.433 e. The first-order chi connectivity index (χ1) is 11.7. The molecule has 0 saturated heterocycles. The predicted molar refractivity (Wildman–Crippen MR) is 92.5 cm³/mol. The smallest absolute Gasteiger partial charge is 0.375 e. The number of aromatic nitrogens is 1. The van der Waals surface area contributed by atoms with Gasteiger partial charge in [-0.05, 0) is 54.9 Å². The number of halogens is 3. The van der Waals surface area contributed by atoms with E-state index in [1.807, 2.05) is 19.1 Å². The summed E-state index contributed by atoms with van der Waals surface area (Å²) in [6.07, 6.45) is -0.873. The van der Waals surface area contributed by atoms with Gasteiger partial charge in [0, 0.05) is 11.9 Å². The van der Waals surface area contributed by atoms with E-state index in [2.05, 4.69) is 23.8 Å². The molecule has 0 radical (unpaired) electrons. The number of nitrogens with zero attached hydrogens (tertiary/aromatic N) is 2. The second-order valence-electron chi connectivity index (χ2n) is 6.99. The van der Waals surface area contributed by atoms with Crippen LogP contribution in [-0.2, 0) is 11.3 Å². The quantitative estimate of drug-likeness (QED) is 0.696. The van der Waals surface area contributed by atoms with Crippen LogP contribution in [0, 0.1) is 11.8 Å². The van der Waals surface area contributed by atoms with Gasteiger partial charge < -0.3 is 4.74 Å². The summed E-state index contributed by atoms with van der Waals surface area (Å²) in [6.45, 7) is 8.51. The highest BCUT2D eigenvalue weighted by molar-refractivity contribution is 5.84. The van der Waals surface area contributed by atoms with Crippen LogP contribution in [0.15, 0.2) is 35.1 Å². The van der Waals surface area contributed by atoms with Crippen LogP contribution < -0.4 is 0 Å². The topological polar surface area (TPSA) is 34.5 Å². The molecular formula is C19H25F3N2O. The fourth-order valence-corrected chi connectivity index (χ4v) is 2.82. The number of hydrogen-bond acceptors (Lipinski definition) is 3. The molecule has 25 heavy (non-hydrogen) atoms. The molecule has 1 aliphatic rings. The lowest BCUT2D eigenvalue weighted by Gasteiger charge is -2.25. The zero-order valence-corrected chi connectivity index (χ0v) is 15.1. The Balaban J connectivity index is 1.92. The fourth-order valence-electron chi connectivity index (χ4n) is 2.82. The molecular weight excluding hydrogens is 329 g/mol. The number of ether oxygens (including phenoxy) is 1. The molecule has 2 unspecified atom stereocenters. The predicted octanol–water partition coefficient (Wildman–Crippen LogP) is 5.28. The summed E-state index contributed by atoms with van der Waals surface area (Å²) in [5.74, 6) is 0.163. The minimum Gasteiger partial charge on any atom is -0.375 e. The van der Waals surface area contributed by atoms with Crippen molar-refractivity contribution in [2.45, 2.75) is 52.8 Å². The van der Waals surface area contributed by atoms with Gasteiger partial charge in [0.15, 0.2) is 0 Å². The summed E-state index contributed by atoms with van der Waals surface area (Å²) in [5.41, 5.74) is 1.75. The van der Waals surface area contributed by atoms with Gasteiger partial charge in [0.1, 0.15) is 5.70 Å². The van der Waals surface area contributed by atoms with Gasteiger partial charge in [0.05, 0.1) is 18.9 Å². The van der Waals surface area contributed by atoms with E-state index in [-0.39, 0.29) is 11.8 Å². The lowest BCUT2D eigenvalue weighted by atomic mass is 9.87. The van der Waals surface area contributed by atoms with E-state index in [1.54, 1.807) is 13.1 Å². The van der Waals surface area contributed by atoms with Crippen molar-refractivity contribution in [3.05, 3.63) is 41.4 Å². The molecule has 0 amide bonds. The molecule has 0 N–H and O–H groups in total. The molecule has 2 heterocycles. The Morgan fingerprint density at radius 3 is 2.64 bits per heavy atom. The van der Waals surface area contributed by atoms with Gasteiger partial charge in [0.25, 0.3) is 0 Å². The van der Waals surface area contributed by atoms with E-state index in [0.717, 1.165) is 5.69 Å². The molecule has 6 heteroatoms. The molecule has 0 spiro atoms. The van der Waals surface area contributed by atoms with Crippen LogP contribution in [-0.4, -0.2) is 23.5 Å². The largest absolute Gasteiger partial charge is 0.433 e. The van der Waals surface area contributed by atoms with Gasteiger partial charge in [-0.3, -0.25) is 9.98 Å². The van der Waals surface area contributed by atoms with Crippen LogP contribution in [0.2, 0.25) is 0 Å². The third kappa shape index (κ3) is 5.66. The van der Waals surface area contributed by atoms with Crippen molar-refractivity contribution in [2.75, 3.05) is 6.61 Å². The second-order valence-corrected chi connectivity index (χ2v) is 6.99. The fraction of sp³-hybridized carbons (Fsp3) is 0.579. The van der Waals surface area contributed by atoms with E-state index in [1.165, 1.54) is 11.6 Å². The molecule has 0 bridgehead atoms. The van der Waals surface area contributed by atoms with Crippen LogP contribution in [0.25, 0.3) is 0 Å². The minimum atomic E-state index is -4.40. The van der Waals surface area contributed by atoms with Crippen LogP contribution in [0.5, 0.6) is 0 Å². The maximum absolute atomic E-state index is 12.9. The Morgan fingerprint density at radius 1 is 1.28 bits per heavy atom. The first-order valence-corrected chi connectivity index (χ1v) is 8.52. The summed E-state index contributed by atoms with van der Waals surface area (Å²) in [5, 5.41) is 0. The Bertz CT molecular complexity index is 650. The normalized spacial score (nSPS) is 19.6. The average molecular weight is 354 g/mol. The molecule has 0 aromatic carbocycles. The SMILES string of the molecule is CC1=NC(C(F)(F)F)=CC(C(C)COCc2cc(C(C)C)ccn2)C1. The van der Waals surface area contributed by atoms with Gasteiger partial charge in [-0.2, -0.15) is 13.2 Å². The van der Waals surface area contributed by atoms with Crippen molar-refractivity contribution >= 4 is 5.71 Å². The number of allylic oxidation sites excluding steroid dienone is 2. The van der Waals surface area contributed by atoms with Crippen molar-refractivity contribution < 1.29 is 17.9 Å². The van der Waals surface area contributed by atoms with Gasteiger partial charge in [-0.15, -0.1) is 0 Å². The van der Waals surface area contributed by atoms with E-state index in [0.29, 0.717) is 31.3 Å². The summed E-state index contributed by atoms with van der Waals surface area (Å²) in [4.78, 5) is 7.92. The Kier molecular flexibility index (Phi) is 6.38. The molecule has 1 aliphatic heterocycles. The second kappa shape index (κ2) is 8.13. The highest BCUT2D eigenvalue weighted by Gasteiger charge is 2.37. The highest BCUT2D eigenvalue weighted by atomic mass is 19.4. The van der Waals surface area contributed by atoms with Crippen molar-refractivity contribution in [1.82, 2.24) is 4.98 Å². The number of hydrogen-bond donors (Lipinski definition) is 0. The van der Waals surface area contributed by atoms with E-state index in [9.17, 15) is 13.2 Å². The van der Waals surface area contributed by atoms with Crippen molar-refractivity contribution in [2.24, 2.45) is 16.8 Å². The molecule has 1 aromatic rings. The molecule has 2 atom stereocenters. The molecule has 1 aromatic heterocycles. The molecule has 0 aliphatic carbocycles. The molecule has 0 saturated carbocycles. The molecule has 138 valence electrons. The zero-order valence-electron chi connectivity index (χ0n) is 15.1. The maximum atomic E-state index is 12.9. The van der Waals surface area contributed by atoms with Crippen LogP contribution in [0.1, 0.15) is 51.3 Å². The first kappa shape index (κ1) is 19.6. The Morgan fingerprint density at radius 2 is 2.00 bits per heavy atom. The average Bonchev–Trinajstić information content (AvgIpc) is 2.53. The molecule has 0 fully saturated rings. The Labute approximate surface area is 147 Å². The van der Waals surface area contributed by atoms with Crippen molar-refractivity contribution in [3.8, 4) is 0 Å². The molecule has 3 nitrogen and oxygen atoms in total. The van der Waals surface area contributed by atoms with Gasteiger partial charge in [-0.1, -0.05) is 20.8 Å². The Hall–Kier alpha value is -1.69. The third-order valence-corrected chi connectivity index (χ3v) is 4.37. The summed E-state index contributed by atoms with van der Waals surface area (Å²) in [6, 6.07) is 3.98. The van der Waals surface area contributed by atoms with Crippen molar-refractivity contribution in [1.29, 1.82) is 0 Å². The summed E-state index contributed by atoms with van der Waals surface area (Å²) >= 11 is 0. The van der Waals surface area contributed by atoms with E-state index < -0.39 is 11.9 Å². The van der Waals surface area contributed by atoms with Gasteiger partial charge >= 0.3 is 6.18 Å². The number of pyridine rings is 1. The van der Waals surface area contributed by atoms with Crippen molar-refractivity contribution in [3.63, 3.8) is 0 Å². The van der Waals surface area contributed by atoms with Gasteiger partial charge in [-0.25, -0.2) is 0 Å². The van der Waals surface area contributed by atoms with Crippen LogP contribution >= 0.6 is 0 Å². The van der Waals surface area contributed by atoms with Gasteiger partial charge in [0.2, 0.25) is 0 Å². The lowest BCUT2D eigenvalue weighted by molar-refractivity contribution is -0.0933. The summed E-state index contributed by atoms with van der Waals surface area (Å²) < 4.78 is 44.5. The minimum absolute atomic E-state index is 0.0314. The number of alkyl halides is 3. The zero-order chi connectivity index (χ0) is 18.6. The molecule has 2 rings (SSSR count).